The van der Waals surface area contributed by atoms with Crippen molar-refractivity contribution in [1.29, 1.82) is 0 Å². The number of furan rings is 1. The zero-order valence-electron chi connectivity index (χ0n) is 21.9. The molecule has 1 saturated heterocycles. The number of carboxylic acids is 1. The van der Waals surface area contributed by atoms with E-state index in [0.29, 0.717) is 35.8 Å². The Labute approximate surface area is 225 Å². The van der Waals surface area contributed by atoms with Crippen LogP contribution in [-0.4, -0.2) is 57.0 Å². The molecule has 4 heterocycles. The van der Waals surface area contributed by atoms with Gasteiger partial charge in [-0.1, -0.05) is 44.5 Å². The summed E-state index contributed by atoms with van der Waals surface area (Å²) in [4.78, 5) is 37.4. The lowest BCUT2D eigenvalue weighted by Crippen LogP contribution is -2.61. The van der Waals surface area contributed by atoms with Gasteiger partial charge < -0.3 is 23.7 Å². The molecule has 5 rings (SSSR count). The molecule has 0 bridgehead atoms. The summed E-state index contributed by atoms with van der Waals surface area (Å²) in [6.45, 7) is 11.4. The number of aromatic carboxylic acids is 1. The van der Waals surface area contributed by atoms with Crippen molar-refractivity contribution in [1.82, 2.24) is 14.9 Å². The quantitative estimate of drug-likeness (QED) is 0.344. The fourth-order valence-corrected chi connectivity index (χ4v) is 4.91. The highest BCUT2D eigenvalue weighted by Gasteiger charge is 2.40. The van der Waals surface area contributed by atoms with Crippen molar-refractivity contribution in [3.05, 3.63) is 64.7 Å². The lowest BCUT2D eigenvalue weighted by Gasteiger charge is -2.46. The van der Waals surface area contributed by atoms with E-state index in [4.69, 9.17) is 30.5 Å². The third-order valence-corrected chi connectivity index (χ3v) is 7.02. The van der Waals surface area contributed by atoms with Gasteiger partial charge in [0.05, 0.1) is 11.2 Å². The smallest absolute Gasteiger partial charge is 0.357 e. The number of halogens is 1. The van der Waals surface area contributed by atoms with Gasteiger partial charge in [-0.05, 0) is 37.5 Å². The van der Waals surface area contributed by atoms with E-state index in [2.05, 4.69) is 25.8 Å². The Kier molecular flexibility index (Phi) is 6.22. The van der Waals surface area contributed by atoms with E-state index in [-0.39, 0.29) is 28.8 Å². The third kappa shape index (κ3) is 4.74. The van der Waals surface area contributed by atoms with E-state index >= 15 is 0 Å². The lowest BCUT2D eigenvalue weighted by molar-refractivity contribution is 0.0479. The Hall–Kier alpha value is -3.85. The maximum atomic E-state index is 13.7. The first-order valence-corrected chi connectivity index (χ1v) is 12.7. The van der Waals surface area contributed by atoms with Crippen LogP contribution in [0.1, 0.15) is 61.2 Å². The van der Waals surface area contributed by atoms with Crippen LogP contribution in [0.3, 0.4) is 0 Å². The van der Waals surface area contributed by atoms with Gasteiger partial charge in [0.2, 0.25) is 0 Å². The van der Waals surface area contributed by atoms with Gasteiger partial charge in [-0.3, -0.25) is 4.79 Å². The first kappa shape index (κ1) is 25.8. The van der Waals surface area contributed by atoms with Crippen molar-refractivity contribution >= 4 is 40.6 Å². The average molecular weight is 537 g/mol. The Morgan fingerprint density at radius 2 is 1.79 bits per heavy atom. The minimum atomic E-state index is -1.15. The van der Waals surface area contributed by atoms with E-state index in [1.165, 1.54) is 0 Å². The van der Waals surface area contributed by atoms with E-state index in [9.17, 15) is 9.59 Å². The predicted molar refractivity (Wildman–Crippen MR) is 144 cm³/mol. The first-order chi connectivity index (χ1) is 17.8. The molecule has 1 fully saturated rings. The highest BCUT2D eigenvalue weighted by atomic mass is 35.5. The fraction of sp³-hybridized carbons (Fsp3) is 0.357. The van der Waals surface area contributed by atoms with Gasteiger partial charge in [0.1, 0.15) is 11.8 Å². The molecule has 1 N–H and O–H groups in total. The Balaban J connectivity index is 1.46. The topological polar surface area (TPSA) is 113 Å². The summed E-state index contributed by atoms with van der Waals surface area (Å²) in [5.74, 6) is -1.17. The maximum Gasteiger partial charge on any atom is 0.357 e. The molecule has 1 aliphatic rings. The molecule has 0 unspecified atom stereocenters. The number of hydrogen-bond acceptors (Lipinski definition) is 7. The predicted octanol–water partition coefficient (Wildman–Crippen LogP) is 5.87. The Morgan fingerprint density at radius 3 is 2.39 bits per heavy atom. The molecule has 1 amide bonds. The molecule has 10 heteroatoms. The van der Waals surface area contributed by atoms with E-state index in [1.54, 1.807) is 11.0 Å². The molecular weight excluding hydrogens is 508 g/mol. The monoisotopic (exact) mass is 536 g/mol. The van der Waals surface area contributed by atoms with E-state index in [0.717, 1.165) is 23.1 Å². The highest BCUT2D eigenvalue weighted by Crippen LogP contribution is 2.36. The molecule has 0 saturated carbocycles. The third-order valence-electron chi connectivity index (χ3n) is 6.77. The summed E-state index contributed by atoms with van der Waals surface area (Å²) < 4.78 is 11.6. The number of carbonyl (C=O) groups excluding carboxylic acids is 1. The van der Waals surface area contributed by atoms with Crippen LogP contribution in [0.2, 0.25) is 5.02 Å². The number of carboxylic acid groups (broad SMARTS) is 1. The van der Waals surface area contributed by atoms with Crippen molar-refractivity contribution in [3.63, 3.8) is 0 Å². The summed E-state index contributed by atoms with van der Waals surface area (Å²) >= 11 is 6.08. The van der Waals surface area contributed by atoms with Crippen molar-refractivity contribution < 1.29 is 23.5 Å². The minimum Gasteiger partial charge on any atom is -0.476 e. The number of hydrogen-bond donors (Lipinski definition) is 1. The second-order valence-corrected chi connectivity index (χ2v) is 11.6. The molecule has 3 aromatic heterocycles. The number of carbonyl (C=O) groups is 2. The van der Waals surface area contributed by atoms with Crippen LogP contribution in [-0.2, 0) is 5.41 Å². The summed E-state index contributed by atoms with van der Waals surface area (Å²) in [6.07, 6.45) is 1.12. The number of pyridine rings is 1. The van der Waals surface area contributed by atoms with Gasteiger partial charge in [0.25, 0.3) is 11.9 Å². The van der Waals surface area contributed by atoms with Crippen LogP contribution in [0.4, 0.5) is 6.01 Å². The van der Waals surface area contributed by atoms with Gasteiger partial charge in [0.15, 0.2) is 17.0 Å². The number of nitrogens with zero attached hydrogens (tertiary/aromatic N) is 4. The molecule has 9 nitrogen and oxygen atoms in total. The molecule has 38 heavy (non-hydrogen) atoms. The maximum absolute atomic E-state index is 13.7. The Morgan fingerprint density at radius 1 is 1.08 bits per heavy atom. The molecule has 0 aliphatic carbocycles. The molecular formula is C28H29ClN4O5. The summed E-state index contributed by atoms with van der Waals surface area (Å²) in [7, 11) is 0. The largest absolute Gasteiger partial charge is 0.476 e. The zero-order valence-corrected chi connectivity index (χ0v) is 22.7. The zero-order chi connectivity index (χ0) is 27.4. The van der Waals surface area contributed by atoms with Crippen molar-refractivity contribution in [2.75, 3.05) is 24.5 Å². The van der Waals surface area contributed by atoms with Gasteiger partial charge in [-0.25, -0.2) is 9.78 Å². The number of fused-ring (bicyclic) bond motifs is 1. The summed E-state index contributed by atoms with van der Waals surface area (Å²) in [6, 6.07) is 11.4. The molecule has 1 aromatic carbocycles. The number of oxazole rings is 1. The van der Waals surface area contributed by atoms with Crippen LogP contribution >= 0.6 is 11.6 Å². The van der Waals surface area contributed by atoms with Crippen molar-refractivity contribution in [3.8, 4) is 11.3 Å². The number of piperazine rings is 1. The van der Waals surface area contributed by atoms with Crippen LogP contribution in [0.5, 0.6) is 0 Å². The number of rotatable bonds is 4. The fourth-order valence-electron chi connectivity index (χ4n) is 4.79. The van der Waals surface area contributed by atoms with Crippen LogP contribution < -0.4 is 4.90 Å². The lowest BCUT2D eigenvalue weighted by atomic mass is 9.86. The standard InChI is InChI=1S/C28H29ClN4O5/c1-27(2,3)18-12-19(16-6-8-17(29)9-7-16)30-20-13-22(38-23(18)20)24(34)33-11-10-32(15-28(33,4)5)26-31-21(14-37-26)25(35)36/h6-9,12-14H,10-11,15H2,1-5H3,(H,35,36). The first-order valence-electron chi connectivity index (χ1n) is 12.3. The van der Waals surface area contributed by atoms with Crippen molar-refractivity contribution in [2.24, 2.45) is 0 Å². The minimum absolute atomic E-state index is 0.154. The van der Waals surface area contributed by atoms with E-state index < -0.39 is 11.5 Å². The van der Waals surface area contributed by atoms with Gasteiger partial charge >= 0.3 is 5.97 Å². The normalized spacial score (nSPS) is 15.7. The van der Waals surface area contributed by atoms with Gasteiger partial charge in [0, 0.05) is 41.9 Å². The molecule has 198 valence electrons. The number of aromatic nitrogens is 2. The number of benzene rings is 1. The molecule has 0 radical (unpaired) electrons. The van der Waals surface area contributed by atoms with Gasteiger partial charge in [-0.2, -0.15) is 4.98 Å². The summed E-state index contributed by atoms with van der Waals surface area (Å²) in [5, 5.41) is 9.80. The Bertz CT molecular complexity index is 1530. The number of amides is 1. The van der Waals surface area contributed by atoms with Gasteiger partial charge in [-0.15, -0.1) is 0 Å². The van der Waals surface area contributed by atoms with Crippen LogP contribution in [0, 0.1) is 0 Å². The van der Waals surface area contributed by atoms with Crippen molar-refractivity contribution in [2.45, 2.75) is 45.6 Å². The molecule has 0 spiro atoms. The van der Waals surface area contributed by atoms with Crippen LogP contribution in [0.25, 0.3) is 22.4 Å². The number of anilines is 1. The second-order valence-electron chi connectivity index (χ2n) is 11.1. The summed E-state index contributed by atoms with van der Waals surface area (Å²) in [5.41, 5.74) is 2.84. The second kappa shape index (κ2) is 9.16. The molecule has 4 aromatic rings. The van der Waals surface area contributed by atoms with Crippen LogP contribution in [0.15, 0.2) is 51.5 Å². The average Bonchev–Trinajstić information content (AvgIpc) is 3.50. The SMILES string of the molecule is CC(C)(C)c1cc(-c2ccc(Cl)cc2)nc2cc(C(=O)N3CCN(c4nc(C(=O)O)co4)CC3(C)C)oc12. The highest BCUT2D eigenvalue weighted by molar-refractivity contribution is 6.30. The van der Waals surface area contributed by atoms with E-state index in [1.807, 2.05) is 49.1 Å². The molecule has 1 aliphatic heterocycles. The molecule has 0 atom stereocenters.